The highest BCUT2D eigenvalue weighted by atomic mass is 14.0. The standard InChI is InChI=1S/C10H22B/c1-4-6-8-10(11-3)9-7-5-2/h10H,4-9H2,1-3H3. The Morgan fingerprint density at radius 2 is 1.45 bits per heavy atom. The van der Waals surface area contributed by atoms with E-state index < -0.39 is 0 Å². The van der Waals surface area contributed by atoms with Crippen molar-refractivity contribution >= 4 is 7.28 Å². The lowest BCUT2D eigenvalue weighted by Gasteiger charge is -2.12. The van der Waals surface area contributed by atoms with E-state index in [4.69, 9.17) is 0 Å². The van der Waals surface area contributed by atoms with Crippen molar-refractivity contribution in [3.63, 3.8) is 0 Å². The highest BCUT2D eigenvalue weighted by Gasteiger charge is 2.04. The first-order valence-corrected chi connectivity index (χ1v) is 5.14. The Morgan fingerprint density at radius 1 is 1.00 bits per heavy atom. The van der Waals surface area contributed by atoms with Gasteiger partial charge < -0.3 is 0 Å². The van der Waals surface area contributed by atoms with E-state index in [9.17, 15) is 0 Å². The smallest absolute Gasteiger partial charge is 0.0917 e. The summed E-state index contributed by atoms with van der Waals surface area (Å²) in [6.45, 7) is 6.75. The van der Waals surface area contributed by atoms with Crippen LogP contribution >= 0.6 is 0 Å². The lowest BCUT2D eigenvalue weighted by atomic mass is 9.63. The van der Waals surface area contributed by atoms with Gasteiger partial charge in [-0.3, -0.25) is 0 Å². The predicted molar refractivity (Wildman–Crippen MR) is 54.4 cm³/mol. The number of hydrogen-bond donors (Lipinski definition) is 0. The van der Waals surface area contributed by atoms with Crippen LogP contribution in [0.25, 0.3) is 0 Å². The molecule has 0 heterocycles. The minimum Gasteiger partial charge on any atom is -0.0917 e. The first kappa shape index (κ1) is 11.1. The molecule has 11 heavy (non-hydrogen) atoms. The molecule has 0 spiro atoms. The summed E-state index contributed by atoms with van der Waals surface area (Å²) in [7, 11) is 2.38. The molecule has 1 heteroatoms. The normalized spacial score (nSPS) is 10.5. The largest absolute Gasteiger partial charge is 0.110 e. The lowest BCUT2D eigenvalue weighted by Crippen LogP contribution is -1.99. The van der Waals surface area contributed by atoms with E-state index in [1.807, 2.05) is 0 Å². The van der Waals surface area contributed by atoms with Gasteiger partial charge in [-0.2, -0.15) is 0 Å². The summed E-state index contributed by atoms with van der Waals surface area (Å²) in [6, 6.07) is 0. The summed E-state index contributed by atoms with van der Waals surface area (Å²) in [5, 5.41) is 0. The summed E-state index contributed by atoms with van der Waals surface area (Å²) in [6.07, 6.45) is 8.31. The Balaban J connectivity index is 3.25. The highest BCUT2D eigenvalue weighted by molar-refractivity contribution is 6.35. The second-order valence-corrected chi connectivity index (χ2v) is 3.38. The van der Waals surface area contributed by atoms with Crippen LogP contribution in [-0.4, -0.2) is 7.28 Å². The van der Waals surface area contributed by atoms with Crippen LogP contribution in [0, 0.1) is 0 Å². The van der Waals surface area contributed by atoms with Crippen LogP contribution in [0.15, 0.2) is 0 Å². The van der Waals surface area contributed by atoms with Crippen molar-refractivity contribution in [3.8, 4) is 0 Å². The highest BCUT2D eigenvalue weighted by Crippen LogP contribution is 2.20. The maximum Gasteiger partial charge on any atom is 0.110 e. The minimum atomic E-state index is 0.898. The molecular formula is C10H22B. The van der Waals surface area contributed by atoms with Crippen molar-refractivity contribution in [2.75, 3.05) is 0 Å². The van der Waals surface area contributed by atoms with Crippen molar-refractivity contribution in [1.82, 2.24) is 0 Å². The summed E-state index contributed by atoms with van der Waals surface area (Å²) < 4.78 is 0. The van der Waals surface area contributed by atoms with Gasteiger partial charge in [-0.1, -0.05) is 65.0 Å². The van der Waals surface area contributed by atoms with Gasteiger partial charge in [-0.25, -0.2) is 0 Å². The molecule has 0 N–H and O–H groups in total. The Kier molecular flexibility index (Phi) is 8.21. The first-order chi connectivity index (χ1) is 5.35. The van der Waals surface area contributed by atoms with Gasteiger partial charge >= 0.3 is 0 Å². The van der Waals surface area contributed by atoms with Gasteiger partial charge in [0.25, 0.3) is 0 Å². The molecule has 0 bridgehead atoms. The van der Waals surface area contributed by atoms with Crippen LogP contribution in [0.1, 0.15) is 52.4 Å². The molecule has 0 aliphatic heterocycles. The predicted octanol–water partition coefficient (Wildman–Crippen LogP) is 3.91. The Labute approximate surface area is 73.0 Å². The molecule has 0 fully saturated rings. The second-order valence-electron chi connectivity index (χ2n) is 3.38. The van der Waals surface area contributed by atoms with Crippen LogP contribution < -0.4 is 0 Å². The fourth-order valence-electron chi connectivity index (χ4n) is 1.41. The van der Waals surface area contributed by atoms with E-state index in [1.54, 1.807) is 0 Å². The van der Waals surface area contributed by atoms with E-state index in [2.05, 4.69) is 28.0 Å². The first-order valence-electron chi connectivity index (χ1n) is 5.14. The molecule has 0 atom stereocenters. The van der Waals surface area contributed by atoms with E-state index >= 15 is 0 Å². The third-order valence-corrected chi connectivity index (χ3v) is 2.33. The maximum atomic E-state index is 2.38. The summed E-state index contributed by atoms with van der Waals surface area (Å²) in [4.78, 5) is 0. The van der Waals surface area contributed by atoms with Gasteiger partial charge in [-0.05, 0) is 0 Å². The second kappa shape index (κ2) is 8.16. The Bertz CT molecular complexity index is 63.3. The van der Waals surface area contributed by atoms with Crippen molar-refractivity contribution in [2.24, 2.45) is 0 Å². The molecule has 0 aromatic rings. The molecule has 0 nitrogen and oxygen atoms in total. The van der Waals surface area contributed by atoms with E-state index in [1.165, 1.54) is 38.5 Å². The van der Waals surface area contributed by atoms with Crippen LogP contribution in [0.4, 0.5) is 0 Å². The van der Waals surface area contributed by atoms with Crippen LogP contribution in [0.3, 0.4) is 0 Å². The molecule has 0 amide bonds. The summed E-state index contributed by atoms with van der Waals surface area (Å²) >= 11 is 0. The molecule has 0 unspecified atom stereocenters. The maximum absolute atomic E-state index is 2.38. The molecular weight excluding hydrogens is 131 g/mol. The fraction of sp³-hybridized carbons (Fsp3) is 1.00. The van der Waals surface area contributed by atoms with Crippen LogP contribution in [0.5, 0.6) is 0 Å². The van der Waals surface area contributed by atoms with Crippen molar-refractivity contribution < 1.29 is 0 Å². The van der Waals surface area contributed by atoms with Gasteiger partial charge in [0.1, 0.15) is 7.28 Å². The zero-order valence-electron chi connectivity index (χ0n) is 8.40. The lowest BCUT2D eigenvalue weighted by molar-refractivity contribution is 0.597. The van der Waals surface area contributed by atoms with Gasteiger partial charge in [0.2, 0.25) is 0 Å². The van der Waals surface area contributed by atoms with Gasteiger partial charge in [0, 0.05) is 0 Å². The van der Waals surface area contributed by atoms with Crippen molar-refractivity contribution in [3.05, 3.63) is 0 Å². The van der Waals surface area contributed by atoms with E-state index in [-0.39, 0.29) is 0 Å². The molecule has 0 aromatic heterocycles. The third kappa shape index (κ3) is 6.46. The average molecular weight is 153 g/mol. The zero-order valence-corrected chi connectivity index (χ0v) is 8.40. The van der Waals surface area contributed by atoms with E-state index in [0.717, 1.165) is 5.82 Å². The zero-order chi connectivity index (χ0) is 8.53. The summed E-state index contributed by atoms with van der Waals surface area (Å²) in [5.41, 5.74) is 0. The van der Waals surface area contributed by atoms with Gasteiger partial charge in [-0.15, -0.1) is 0 Å². The SMILES string of the molecule is C[B]C(CCCC)CCCC. The number of hydrogen-bond acceptors (Lipinski definition) is 0. The molecule has 0 saturated heterocycles. The average Bonchev–Trinajstić information content (AvgIpc) is 2.05. The molecule has 0 aliphatic rings. The third-order valence-electron chi connectivity index (χ3n) is 2.33. The number of unbranched alkanes of at least 4 members (excludes halogenated alkanes) is 2. The van der Waals surface area contributed by atoms with Crippen LogP contribution in [-0.2, 0) is 0 Å². The van der Waals surface area contributed by atoms with Gasteiger partial charge in [0.15, 0.2) is 0 Å². The Hall–Kier alpha value is 0.0649. The molecule has 0 saturated carbocycles. The Morgan fingerprint density at radius 3 is 1.73 bits per heavy atom. The van der Waals surface area contributed by atoms with Crippen molar-refractivity contribution in [2.45, 2.75) is 65.0 Å². The number of rotatable bonds is 7. The molecule has 65 valence electrons. The molecule has 0 aromatic carbocycles. The van der Waals surface area contributed by atoms with Crippen LogP contribution in [0.2, 0.25) is 12.6 Å². The topological polar surface area (TPSA) is 0 Å². The molecule has 0 rings (SSSR count). The monoisotopic (exact) mass is 153 g/mol. The molecule has 1 radical (unpaired) electrons. The minimum absolute atomic E-state index is 0.898. The van der Waals surface area contributed by atoms with Gasteiger partial charge in [0.05, 0.1) is 0 Å². The van der Waals surface area contributed by atoms with E-state index in [0.29, 0.717) is 0 Å². The van der Waals surface area contributed by atoms with Crippen molar-refractivity contribution in [1.29, 1.82) is 0 Å². The fourth-order valence-corrected chi connectivity index (χ4v) is 1.41. The quantitative estimate of drug-likeness (QED) is 0.486. The summed E-state index contributed by atoms with van der Waals surface area (Å²) in [5.74, 6) is 0.898. The molecule has 0 aliphatic carbocycles.